The Balaban J connectivity index is 1.05. The Labute approximate surface area is 334 Å². The first kappa shape index (κ1) is 32.4. The summed E-state index contributed by atoms with van der Waals surface area (Å²) in [6, 6.07) is 73.7. The average Bonchev–Trinajstić information content (AvgIpc) is 3.85. The minimum Gasteiger partial charge on any atom is -0.307 e. The number of hydrogen-bond acceptors (Lipinski definition) is 2. The molecule has 0 N–H and O–H groups in total. The van der Waals surface area contributed by atoms with Crippen molar-refractivity contribution in [3.05, 3.63) is 206 Å². The lowest BCUT2D eigenvalue weighted by atomic mass is 9.98. The molecule has 270 valence electrons. The van der Waals surface area contributed by atoms with Crippen LogP contribution >= 0.6 is 0 Å². The quantitative estimate of drug-likeness (QED) is 0.165. The van der Waals surface area contributed by atoms with Gasteiger partial charge in [-0.15, -0.1) is 0 Å². The second kappa shape index (κ2) is 12.9. The van der Waals surface area contributed by atoms with Crippen LogP contribution in [0.15, 0.2) is 206 Å². The molecule has 3 aromatic heterocycles. The van der Waals surface area contributed by atoms with E-state index in [-0.39, 0.29) is 0 Å². The van der Waals surface area contributed by atoms with E-state index in [1.54, 1.807) is 0 Å². The first-order valence-corrected chi connectivity index (χ1v) is 19.8. The summed E-state index contributed by atoms with van der Waals surface area (Å²) in [4.78, 5) is 10.7. The van der Waals surface area contributed by atoms with Gasteiger partial charge >= 0.3 is 0 Å². The van der Waals surface area contributed by atoms with Crippen LogP contribution in [0.4, 0.5) is 0 Å². The molecule has 12 aromatic rings. The predicted octanol–water partition coefficient (Wildman–Crippen LogP) is 14.0. The van der Waals surface area contributed by atoms with Crippen molar-refractivity contribution in [2.45, 2.75) is 0 Å². The van der Waals surface area contributed by atoms with Gasteiger partial charge in [-0.25, -0.2) is 9.97 Å². The summed E-state index contributed by atoms with van der Waals surface area (Å²) in [5, 5.41) is 8.28. The van der Waals surface area contributed by atoms with Crippen LogP contribution < -0.4 is 0 Å². The highest BCUT2D eigenvalue weighted by Gasteiger charge is 2.21. The van der Waals surface area contributed by atoms with Gasteiger partial charge < -0.3 is 4.57 Å². The van der Waals surface area contributed by atoms with Crippen LogP contribution in [0.2, 0.25) is 0 Å². The first-order valence-electron chi connectivity index (χ1n) is 19.8. The Kier molecular flexibility index (Phi) is 7.20. The fourth-order valence-electron chi connectivity index (χ4n) is 9.03. The van der Waals surface area contributed by atoms with Crippen molar-refractivity contribution >= 4 is 65.3 Å². The number of pyridine rings is 1. The lowest BCUT2D eigenvalue weighted by molar-refractivity contribution is 1.11. The van der Waals surface area contributed by atoms with Gasteiger partial charge in [0.25, 0.3) is 0 Å². The second-order valence-electron chi connectivity index (χ2n) is 15.0. The summed E-state index contributed by atoms with van der Waals surface area (Å²) in [7, 11) is 0. The van der Waals surface area contributed by atoms with Gasteiger partial charge in [0.05, 0.1) is 39.0 Å². The summed E-state index contributed by atoms with van der Waals surface area (Å²) in [5.74, 6) is 0.922. The molecule has 0 saturated heterocycles. The molecule has 9 aromatic carbocycles. The summed E-state index contributed by atoms with van der Waals surface area (Å²) in [6.45, 7) is 0. The topological polar surface area (TPSA) is 35.6 Å². The van der Waals surface area contributed by atoms with E-state index >= 15 is 0 Å². The zero-order valence-electron chi connectivity index (χ0n) is 31.4. The molecule has 0 saturated carbocycles. The number of nitrogens with zero attached hydrogens (tertiary/aromatic N) is 4. The highest BCUT2D eigenvalue weighted by Crippen LogP contribution is 2.42. The van der Waals surface area contributed by atoms with Crippen molar-refractivity contribution in [1.29, 1.82) is 0 Å². The zero-order chi connectivity index (χ0) is 38.2. The lowest BCUT2D eigenvalue weighted by Gasteiger charge is -2.14. The standard InChI is InChI=1S/C54H34N4/c1-3-15-37(16-4-1)51-44-22-10-9-21-42(44)45-32-33-46-43-31-30-39(34-50(43)57(53(46)52(45)56-51)40-18-5-2-6-19-40)35-26-28-38(29-27-35)54-55-47-23-11-12-24-49(47)58(54)48-25-13-17-36-14-7-8-20-41(36)48/h1-34H. The molecule has 4 heteroatoms. The number of benzene rings is 9. The maximum absolute atomic E-state index is 5.53. The van der Waals surface area contributed by atoms with Crippen molar-refractivity contribution in [2.75, 3.05) is 0 Å². The fourth-order valence-corrected chi connectivity index (χ4v) is 9.03. The van der Waals surface area contributed by atoms with Gasteiger partial charge in [0.2, 0.25) is 0 Å². The monoisotopic (exact) mass is 738 g/mol. The fraction of sp³-hybridized carbons (Fsp3) is 0. The third kappa shape index (κ3) is 4.95. The number of imidazole rings is 1. The molecule has 0 aliphatic rings. The molecule has 0 aliphatic heterocycles. The maximum Gasteiger partial charge on any atom is 0.145 e. The van der Waals surface area contributed by atoms with Crippen molar-refractivity contribution in [1.82, 2.24) is 19.1 Å². The molecule has 12 rings (SSSR count). The van der Waals surface area contributed by atoms with Crippen molar-refractivity contribution < 1.29 is 0 Å². The van der Waals surface area contributed by atoms with Crippen LogP contribution in [0.25, 0.3) is 110 Å². The van der Waals surface area contributed by atoms with E-state index in [2.05, 4.69) is 215 Å². The number of hydrogen-bond donors (Lipinski definition) is 0. The summed E-state index contributed by atoms with van der Waals surface area (Å²) >= 11 is 0. The van der Waals surface area contributed by atoms with Crippen LogP contribution in [-0.4, -0.2) is 19.1 Å². The molecule has 0 radical (unpaired) electrons. The Bertz CT molecular complexity index is 3540. The SMILES string of the molecule is c1ccc(-c2nc3c(ccc4c5ccc(-c6ccc(-c7nc8ccccc8n7-c7cccc8ccccc78)cc6)cc5n(-c5ccccc5)c43)c3ccccc23)cc1. The minimum atomic E-state index is 0.922. The number of fused-ring (bicyclic) bond motifs is 9. The largest absolute Gasteiger partial charge is 0.307 e. The van der Waals surface area contributed by atoms with Gasteiger partial charge in [-0.05, 0) is 58.3 Å². The number of aromatic nitrogens is 4. The van der Waals surface area contributed by atoms with E-state index in [1.807, 2.05) is 0 Å². The van der Waals surface area contributed by atoms with E-state index in [4.69, 9.17) is 9.97 Å². The summed E-state index contributed by atoms with van der Waals surface area (Å²) in [6.07, 6.45) is 0. The van der Waals surface area contributed by atoms with Crippen molar-refractivity contribution in [2.24, 2.45) is 0 Å². The predicted molar refractivity (Wildman–Crippen MR) is 242 cm³/mol. The number of rotatable bonds is 5. The van der Waals surface area contributed by atoms with Gasteiger partial charge in [-0.2, -0.15) is 0 Å². The Morgan fingerprint density at radius 1 is 0.345 bits per heavy atom. The van der Waals surface area contributed by atoms with Crippen LogP contribution in [0, 0.1) is 0 Å². The second-order valence-corrected chi connectivity index (χ2v) is 15.0. The Hall–Kier alpha value is -7.82. The number of para-hydroxylation sites is 3. The molecule has 0 spiro atoms. The van der Waals surface area contributed by atoms with Crippen LogP contribution in [-0.2, 0) is 0 Å². The molecule has 0 unspecified atom stereocenters. The van der Waals surface area contributed by atoms with Crippen LogP contribution in [0.1, 0.15) is 0 Å². The van der Waals surface area contributed by atoms with Crippen molar-refractivity contribution in [3.8, 4) is 45.1 Å². The molecule has 3 heterocycles. The van der Waals surface area contributed by atoms with Crippen LogP contribution in [0.3, 0.4) is 0 Å². The Morgan fingerprint density at radius 2 is 0.983 bits per heavy atom. The third-order valence-electron chi connectivity index (χ3n) is 11.7. The van der Waals surface area contributed by atoms with E-state index in [9.17, 15) is 0 Å². The maximum atomic E-state index is 5.53. The van der Waals surface area contributed by atoms with Gasteiger partial charge in [0, 0.05) is 43.7 Å². The highest BCUT2D eigenvalue weighted by molar-refractivity contribution is 6.23. The first-order chi connectivity index (χ1) is 28.8. The van der Waals surface area contributed by atoms with Gasteiger partial charge in [-0.1, -0.05) is 170 Å². The van der Waals surface area contributed by atoms with E-state index in [1.165, 1.54) is 26.9 Å². The third-order valence-corrected chi connectivity index (χ3v) is 11.7. The highest BCUT2D eigenvalue weighted by atomic mass is 15.1. The molecule has 0 bridgehead atoms. The molecular weight excluding hydrogens is 705 g/mol. The van der Waals surface area contributed by atoms with E-state index in [0.29, 0.717) is 0 Å². The Morgan fingerprint density at radius 3 is 1.83 bits per heavy atom. The average molecular weight is 739 g/mol. The summed E-state index contributed by atoms with van der Waals surface area (Å²) in [5.41, 5.74) is 13.0. The molecule has 0 fully saturated rings. The molecule has 58 heavy (non-hydrogen) atoms. The van der Waals surface area contributed by atoms with Gasteiger partial charge in [0.15, 0.2) is 0 Å². The van der Waals surface area contributed by atoms with Gasteiger partial charge in [-0.3, -0.25) is 4.57 Å². The lowest BCUT2D eigenvalue weighted by Crippen LogP contribution is -1.98. The molecule has 0 atom stereocenters. The molecule has 0 aliphatic carbocycles. The minimum absolute atomic E-state index is 0.922. The van der Waals surface area contributed by atoms with Gasteiger partial charge in [0.1, 0.15) is 5.82 Å². The summed E-state index contributed by atoms with van der Waals surface area (Å²) < 4.78 is 4.72. The van der Waals surface area contributed by atoms with E-state index < -0.39 is 0 Å². The van der Waals surface area contributed by atoms with Crippen LogP contribution in [0.5, 0.6) is 0 Å². The smallest absolute Gasteiger partial charge is 0.145 e. The molecular formula is C54H34N4. The molecule has 4 nitrogen and oxygen atoms in total. The van der Waals surface area contributed by atoms with E-state index in [0.717, 1.165) is 83.5 Å². The molecule has 0 amide bonds. The normalized spacial score (nSPS) is 11.8. The van der Waals surface area contributed by atoms with Crippen molar-refractivity contribution in [3.63, 3.8) is 0 Å². The zero-order valence-corrected chi connectivity index (χ0v) is 31.4.